The molecular formula is C25H23Cl2NO. The van der Waals surface area contributed by atoms with Crippen LogP contribution in [0.3, 0.4) is 0 Å². The van der Waals surface area contributed by atoms with E-state index >= 15 is 0 Å². The fraction of sp³-hybridized carbons (Fsp3) is 0.240. The quantitative estimate of drug-likeness (QED) is 0.288. The van der Waals surface area contributed by atoms with Gasteiger partial charge in [-0.2, -0.15) is 0 Å². The SMILES string of the molecule is CCCCCCc1ccc(C(=O)n2c3cc(Cl)ccc3c3ccc(Cl)cc32)cc1. The molecule has 29 heavy (non-hydrogen) atoms. The Hall–Kier alpha value is -2.29. The summed E-state index contributed by atoms with van der Waals surface area (Å²) in [6, 6.07) is 19.2. The molecule has 3 aromatic carbocycles. The summed E-state index contributed by atoms with van der Waals surface area (Å²) in [4.78, 5) is 13.4. The Labute approximate surface area is 181 Å². The van der Waals surface area contributed by atoms with E-state index in [9.17, 15) is 4.79 Å². The second-order valence-electron chi connectivity index (χ2n) is 7.47. The summed E-state index contributed by atoms with van der Waals surface area (Å²) in [6.07, 6.45) is 6.00. The van der Waals surface area contributed by atoms with Crippen LogP contribution < -0.4 is 0 Å². The molecule has 4 aromatic rings. The second kappa shape index (κ2) is 8.61. The average Bonchev–Trinajstić information content (AvgIpc) is 3.03. The highest BCUT2D eigenvalue weighted by Crippen LogP contribution is 2.33. The number of halogens is 2. The Bertz CT molecular complexity index is 1120. The van der Waals surface area contributed by atoms with Gasteiger partial charge in [0.1, 0.15) is 0 Å². The van der Waals surface area contributed by atoms with Crippen molar-refractivity contribution in [1.29, 1.82) is 0 Å². The topological polar surface area (TPSA) is 22.0 Å². The lowest BCUT2D eigenvalue weighted by Gasteiger charge is -2.08. The minimum Gasteiger partial charge on any atom is -0.276 e. The summed E-state index contributed by atoms with van der Waals surface area (Å²) < 4.78 is 1.72. The first-order valence-electron chi connectivity index (χ1n) is 10.1. The summed E-state index contributed by atoms with van der Waals surface area (Å²) in [7, 11) is 0. The average molecular weight is 424 g/mol. The molecule has 4 heteroatoms. The molecule has 0 fully saturated rings. The molecule has 0 N–H and O–H groups in total. The number of rotatable bonds is 6. The lowest BCUT2D eigenvalue weighted by molar-refractivity contribution is 0.0969. The second-order valence-corrected chi connectivity index (χ2v) is 8.34. The van der Waals surface area contributed by atoms with Gasteiger partial charge in [-0.15, -0.1) is 0 Å². The van der Waals surface area contributed by atoms with Gasteiger partial charge in [0.15, 0.2) is 0 Å². The molecular weight excluding hydrogens is 401 g/mol. The number of benzene rings is 3. The highest BCUT2D eigenvalue weighted by atomic mass is 35.5. The largest absolute Gasteiger partial charge is 0.276 e. The van der Waals surface area contributed by atoms with E-state index < -0.39 is 0 Å². The fourth-order valence-electron chi connectivity index (χ4n) is 3.88. The normalized spacial score (nSPS) is 11.4. The number of fused-ring (bicyclic) bond motifs is 3. The van der Waals surface area contributed by atoms with Crippen LogP contribution in [0.15, 0.2) is 60.7 Å². The third-order valence-electron chi connectivity index (χ3n) is 5.41. The standard InChI is InChI=1S/C25H23Cl2NO/c1-2-3-4-5-6-17-7-9-18(10-8-17)25(29)28-23-15-19(26)11-13-21(23)22-14-12-20(27)16-24(22)28/h7-16H,2-6H2,1H3. The van der Waals surface area contributed by atoms with Crippen molar-refractivity contribution in [3.8, 4) is 0 Å². The van der Waals surface area contributed by atoms with E-state index in [4.69, 9.17) is 23.2 Å². The predicted octanol–water partition coefficient (Wildman–Crippen LogP) is 7.91. The van der Waals surface area contributed by atoms with E-state index in [-0.39, 0.29) is 5.91 Å². The number of nitrogens with zero attached hydrogens (tertiary/aromatic N) is 1. The Kier molecular flexibility index (Phi) is 5.94. The van der Waals surface area contributed by atoms with Gasteiger partial charge >= 0.3 is 0 Å². The summed E-state index contributed by atoms with van der Waals surface area (Å²) in [6.45, 7) is 2.22. The molecule has 2 nitrogen and oxygen atoms in total. The Morgan fingerprint density at radius 3 is 1.93 bits per heavy atom. The van der Waals surface area contributed by atoms with Crippen LogP contribution in [0.1, 0.15) is 48.5 Å². The maximum absolute atomic E-state index is 13.4. The molecule has 0 radical (unpaired) electrons. The zero-order valence-electron chi connectivity index (χ0n) is 16.4. The van der Waals surface area contributed by atoms with E-state index in [0.29, 0.717) is 15.6 Å². The maximum atomic E-state index is 13.4. The maximum Gasteiger partial charge on any atom is 0.262 e. The Morgan fingerprint density at radius 1 is 0.793 bits per heavy atom. The number of unbranched alkanes of at least 4 members (excludes halogenated alkanes) is 3. The highest BCUT2D eigenvalue weighted by Gasteiger charge is 2.18. The van der Waals surface area contributed by atoms with Crippen molar-refractivity contribution >= 4 is 50.9 Å². The molecule has 0 spiro atoms. The molecule has 4 rings (SSSR count). The first kappa shape index (κ1) is 20.0. The van der Waals surface area contributed by atoms with Gasteiger partial charge in [0, 0.05) is 26.4 Å². The van der Waals surface area contributed by atoms with Crippen molar-refractivity contribution < 1.29 is 4.79 Å². The van der Waals surface area contributed by atoms with Crippen molar-refractivity contribution in [2.75, 3.05) is 0 Å². The number of carbonyl (C=O) groups is 1. The molecule has 0 aliphatic carbocycles. The fourth-order valence-corrected chi connectivity index (χ4v) is 4.22. The molecule has 148 valence electrons. The van der Waals surface area contributed by atoms with Gasteiger partial charge in [0.2, 0.25) is 0 Å². The van der Waals surface area contributed by atoms with Crippen LogP contribution in [0.2, 0.25) is 10.0 Å². The first-order valence-corrected chi connectivity index (χ1v) is 10.9. The summed E-state index contributed by atoms with van der Waals surface area (Å²) in [5.41, 5.74) is 3.51. The summed E-state index contributed by atoms with van der Waals surface area (Å²) in [5.74, 6) is -0.0768. The molecule has 1 heterocycles. The molecule has 0 aliphatic heterocycles. The number of carbonyl (C=O) groups excluding carboxylic acids is 1. The van der Waals surface area contributed by atoms with Gasteiger partial charge in [0.25, 0.3) is 5.91 Å². The minimum absolute atomic E-state index is 0.0768. The lowest BCUT2D eigenvalue weighted by atomic mass is 10.0. The van der Waals surface area contributed by atoms with Gasteiger partial charge in [0.05, 0.1) is 11.0 Å². The minimum atomic E-state index is -0.0768. The van der Waals surface area contributed by atoms with Gasteiger partial charge in [-0.05, 0) is 54.8 Å². The van der Waals surface area contributed by atoms with Crippen LogP contribution in [0.25, 0.3) is 21.8 Å². The number of hydrogen-bond donors (Lipinski definition) is 0. The molecule has 1 aromatic heterocycles. The predicted molar refractivity (Wildman–Crippen MR) is 123 cm³/mol. The van der Waals surface area contributed by atoms with Crippen molar-refractivity contribution in [1.82, 2.24) is 4.57 Å². The van der Waals surface area contributed by atoms with Crippen LogP contribution >= 0.6 is 23.2 Å². The summed E-state index contributed by atoms with van der Waals surface area (Å²) >= 11 is 12.5. The van der Waals surface area contributed by atoms with Crippen LogP contribution in [0.4, 0.5) is 0 Å². The van der Waals surface area contributed by atoms with Gasteiger partial charge in [-0.25, -0.2) is 0 Å². The molecule has 0 atom stereocenters. The zero-order chi connectivity index (χ0) is 20.4. The lowest BCUT2D eigenvalue weighted by Crippen LogP contribution is -2.11. The smallest absolute Gasteiger partial charge is 0.262 e. The van der Waals surface area contributed by atoms with Crippen LogP contribution in [0.5, 0.6) is 0 Å². The third-order valence-corrected chi connectivity index (χ3v) is 5.88. The molecule has 0 amide bonds. The van der Waals surface area contributed by atoms with E-state index in [1.165, 1.54) is 31.2 Å². The molecule has 0 aliphatic rings. The third kappa shape index (κ3) is 4.05. The molecule has 0 unspecified atom stereocenters. The van der Waals surface area contributed by atoms with E-state index in [1.807, 2.05) is 48.5 Å². The van der Waals surface area contributed by atoms with Gasteiger partial charge in [-0.1, -0.05) is 73.7 Å². The van der Waals surface area contributed by atoms with Gasteiger partial charge < -0.3 is 0 Å². The van der Waals surface area contributed by atoms with Crippen molar-refractivity contribution in [2.45, 2.75) is 39.0 Å². The summed E-state index contributed by atoms with van der Waals surface area (Å²) in [5, 5.41) is 3.18. The number of aromatic nitrogens is 1. The van der Waals surface area contributed by atoms with Crippen LogP contribution in [-0.4, -0.2) is 10.5 Å². The molecule has 0 bridgehead atoms. The zero-order valence-corrected chi connectivity index (χ0v) is 17.9. The number of aryl methyl sites for hydroxylation is 1. The highest BCUT2D eigenvalue weighted by molar-refractivity contribution is 6.33. The van der Waals surface area contributed by atoms with Crippen LogP contribution in [-0.2, 0) is 6.42 Å². The van der Waals surface area contributed by atoms with E-state index in [1.54, 1.807) is 4.57 Å². The van der Waals surface area contributed by atoms with Crippen LogP contribution in [0, 0.1) is 0 Å². The van der Waals surface area contributed by atoms with Crippen molar-refractivity contribution in [3.05, 3.63) is 81.8 Å². The van der Waals surface area contributed by atoms with Crippen molar-refractivity contribution in [2.24, 2.45) is 0 Å². The van der Waals surface area contributed by atoms with E-state index in [0.717, 1.165) is 28.2 Å². The van der Waals surface area contributed by atoms with Crippen molar-refractivity contribution in [3.63, 3.8) is 0 Å². The van der Waals surface area contributed by atoms with E-state index in [2.05, 4.69) is 19.1 Å². The number of hydrogen-bond acceptors (Lipinski definition) is 1. The first-order chi connectivity index (χ1) is 14.1. The molecule has 0 saturated heterocycles. The molecule has 0 saturated carbocycles. The van der Waals surface area contributed by atoms with Gasteiger partial charge in [-0.3, -0.25) is 9.36 Å². The Balaban J connectivity index is 1.72. The Morgan fingerprint density at radius 2 is 1.38 bits per heavy atom. The monoisotopic (exact) mass is 423 g/mol.